The van der Waals surface area contributed by atoms with Crippen molar-refractivity contribution >= 4 is 16.9 Å². The molecule has 0 N–H and O–H groups in total. The number of likely N-dealkylation sites (N-methyl/N-ethyl adjacent to an activating group) is 1. The van der Waals surface area contributed by atoms with Crippen molar-refractivity contribution < 1.29 is 4.39 Å². The molecule has 0 spiro atoms. The van der Waals surface area contributed by atoms with Crippen LogP contribution in [0.15, 0.2) is 23.1 Å². The fourth-order valence-corrected chi connectivity index (χ4v) is 2.68. The van der Waals surface area contributed by atoms with Gasteiger partial charge >= 0.3 is 0 Å². The number of hydrogen-bond acceptors (Lipinski definition) is 4. The Bertz CT molecular complexity index is 719. The zero-order valence-electron chi connectivity index (χ0n) is 12.3. The lowest BCUT2D eigenvalue weighted by Gasteiger charge is -2.33. The van der Waals surface area contributed by atoms with Crippen LogP contribution in [-0.2, 0) is 6.54 Å². The zero-order chi connectivity index (χ0) is 15.0. The first kappa shape index (κ1) is 14.0. The maximum absolute atomic E-state index is 14.4. The number of rotatable bonds is 2. The average Bonchev–Trinajstić information content (AvgIpc) is 2.49. The van der Waals surface area contributed by atoms with Crippen LogP contribution in [-0.4, -0.2) is 47.7 Å². The van der Waals surface area contributed by atoms with E-state index in [4.69, 9.17) is 0 Å². The van der Waals surface area contributed by atoms with Gasteiger partial charge in [0.15, 0.2) is 17.1 Å². The monoisotopic (exact) mass is 290 g/mol. The minimum Gasteiger partial charge on any atom is -0.352 e. The summed E-state index contributed by atoms with van der Waals surface area (Å²) in [6.07, 6.45) is 1.71. The molecular formula is C15H19FN4O. The Morgan fingerprint density at radius 3 is 2.67 bits per heavy atom. The second-order valence-electron chi connectivity index (χ2n) is 5.42. The standard InChI is InChI=1S/C15H19FN4O/c1-3-19-5-4-13(21)11-10-12(16)15(17-14(11)19)20-8-6-18(2)7-9-20/h4-5,10H,3,6-9H2,1-2H3. The molecule has 1 saturated heterocycles. The molecule has 5 nitrogen and oxygen atoms in total. The van der Waals surface area contributed by atoms with Gasteiger partial charge in [-0.15, -0.1) is 0 Å². The highest BCUT2D eigenvalue weighted by Crippen LogP contribution is 2.21. The van der Waals surface area contributed by atoms with Crippen molar-refractivity contribution in [1.29, 1.82) is 0 Å². The summed E-state index contributed by atoms with van der Waals surface area (Å²) in [6, 6.07) is 2.78. The number of fused-ring (bicyclic) bond motifs is 1. The molecule has 2 aromatic rings. The lowest BCUT2D eigenvalue weighted by molar-refractivity contribution is 0.311. The molecule has 3 heterocycles. The van der Waals surface area contributed by atoms with Gasteiger partial charge in [-0.25, -0.2) is 9.37 Å². The van der Waals surface area contributed by atoms with Gasteiger partial charge in [0.25, 0.3) is 0 Å². The summed E-state index contributed by atoms with van der Waals surface area (Å²) >= 11 is 0. The van der Waals surface area contributed by atoms with Gasteiger partial charge in [0.1, 0.15) is 5.65 Å². The van der Waals surface area contributed by atoms with E-state index in [9.17, 15) is 9.18 Å². The van der Waals surface area contributed by atoms with Crippen LogP contribution in [0.1, 0.15) is 6.92 Å². The summed E-state index contributed by atoms with van der Waals surface area (Å²) in [5.74, 6) is -0.0681. The first-order valence-corrected chi connectivity index (χ1v) is 7.23. The number of hydrogen-bond donors (Lipinski definition) is 0. The Morgan fingerprint density at radius 1 is 1.29 bits per heavy atom. The molecule has 1 aliphatic heterocycles. The molecule has 1 fully saturated rings. The third-order valence-electron chi connectivity index (χ3n) is 4.02. The van der Waals surface area contributed by atoms with Gasteiger partial charge in [0.2, 0.25) is 0 Å². The molecule has 0 saturated carbocycles. The van der Waals surface area contributed by atoms with Crippen LogP contribution in [0.5, 0.6) is 0 Å². The Morgan fingerprint density at radius 2 is 2.00 bits per heavy atom. The number of halogens is 1. The van der Waals surface area contributed by atoms with E-state index in [2.05, 4.69) is 16.9 Å². The van der Waals surface area contributed by atoms with Crippen LogP contribution in [0, 0.1) is 5.82 Å². The lowest BCUT2D eigenvalue weighted by Crippen LogP contribution is -2.45. The molecule has 0 aromatic carbocycles. The number of anilines is 1. The first-order valence-electron chi connectivity index (χ1n) is 7.23. The Kier molecular flexibility index (Phi) is 3.63. The number of nitrogens with zero attached hydrogens (tertiary/aromatic N) is 4. The summed E-state index contributed by atoms with van der Waals surface area (Å²) in [5.41, 5.74) is 0.367. The molecule has 0 radical (unpaired) electrons. The van der Waals surface area contributed by atoms with E-state index in [-0.39, 0.29) is 5.43 Å². The van der Waals surface area contributed by atoms with E-state index in [0.717, 1.165) is 26.2 Å². The molecular weight excluding hydrogens is 271 g/mol. The molecule has 0 aliphatic carbocycles. The van der Waals surface area contributed by atoms with Crippen molar-refractivity contribution in [3.63, 3.8) is 0 Å². The van der Waals surface area contributed by atoms with Crippen molar-refractivity contribution in [2.45, 2.75) is 13.5 Å². The van der Waals surface area contributed by atoms with Crippen molar-refractivity contribution in [3.05, 3.63) is 34.4 Å². The largest absolute Gasteiger partial charge is 0.352 e. The van der Waals surface area contributed by atoms with Crippen LogP contribution >= 0.6 is 0 Å². The van der Waals surface area contributed by atoms with Crippen molar-refractivity contribution in [2.24, 2.45) is 0 Å². The maximum atomic E-state index is 14.4. The third-order valence-corrected chi connectivity index (χ3v) is 4.02. The molecule has 0 unspecified atom stereocenters. The predicted octanol–water partition coefficient (Wildman–Crippen LogP) is 1.31. The van der Waals surface area contributed by atoms with Gasteiger partial charge in [0, 0.05) is 45.0 Å². The minimum absolute atomic E-state index is 0.189. The van der Waals surface area contributed by atoms with Gasteiger partial charge in [0.05, 0.1) is 5.39 Å². The van der Waals surface area contributed by atoms with Crippen molar-refractivity contribution in [3.8, 4) is 0 Å². The zero-order valence-corrected chi connectivity index (χ0v) is 12.3. The van der Waals surface area contributed by atoms with E-state index >= 15 is 0 Å². The Balaban J connectivity index is 2.11. The highest BCUT2D eigenvalue weighted by molar-refractivity contribution is 5.77. The molecule has 3 rings (SSSR count). The molecule has 112 valence electrons. The van der Waals surface area contributed by atoms with Crippen molar-refractivity contribution in [1.82, 2.24) is 14.5 Å². The topological polar surface area (TPSA) is 41.4 Å². The summed E-state index contributed by atoms with van der Waals surface area (Å²) in [7, 11) is 2.05. The highest BCUT2D eigenvalue weighted by Gasteiger charge is 2.20. The quantitative estimate of drug-likeness (QED) is 0.836. The van der Waals surface area contributed by atoms with Crippen LogP contribution in [0.2, 0.25) is 0 Å². The van der Waals surface area contributed by atoms with Gasteiger partial charge < -0.3 is 14.4 Å². The van der Waals surface area contributed by atoms with Crippen LogP contribution < -0.4 is 10.3 Å². The van der Waals surface area contributed by atoms with Crippen LogP contribution in [0.4, 0.5) is 10.2 Å². The number of piperazine rings is 1. The number of aryl methyl sites for hydroxylation is 1. The predicted molar refractivity (Wildman–Crippen MR) is 81.3 cm³/mol. The lowest BCUT2D eigenvalue weighted by atomic mass is 10.2. The van der Waals surface area contributed by atoms with E-state index in [1.54, 1.807) is 6.20 Å². The van der Waals surface area contributed by atoms with E-state index in [0.29, 0.717) is 23.4 Å². The van der Waals surface area contributed by atoms with Crippen molar-refractivity contribution in [2.75, 3.05) is 38.1 Å². The van der Waals surface area contributed by atoms with Gasteiger partial charge in [-0.1, -0.05) is 0 Å². The van der Waals surface area contributed by atoms with Gasteiger partial charge in [-0.05, 0) is 20.0 Å². The fraction of sp³-hybridized carbons (Fsp3) is 0.467. The molecule has 1 aliphatic rings. The summed E-state index contributed by atoms with van der Waals surface area (Å²) in [4.78, 5) is 20.5. The second kappa shape index (κ2) is 5.44. The normalized spacial score (nSPS) is 16.6. The maximum Gasteiger partial charge on any atom is 0.191 e. The fourth-order valence-electron chi connectivity index (χ4n) is 2.68. The SMILES string of the molecule is CCn1ccc(=O)c2cc(F)c(N3CCN(C)CC3)nc21. The van der Waals surface area contributed by atoms with Crippen LogP contribution in [0.25, 0.3) is 11.0 Å². The minimum atomic E-state index is -0.419. The Labute approximate surface area is 122 Å². The molecule has 0 bridgehead atoms. The molecule has 21 heavy (non-hydrogen) atoms. The van der Waals surface area contributed by atoms with E-state index < -0.39 is 5.82 Å². The summed E-state index contributed by atoms with van der Waals surface area (Å²) in [6.45, 7) is 5.93. The molecule has 6 heteroatoms. The smallest absolute Gasteiger partial charge is 0.191 e. The molecule has 0 amide bonds. The van der Waals surface area contributed by atoms with Gasteiger partial charge in [-0.2, -0.15) is 0 Å². The van der Waals surface area contributed by atoms with Crippen LogP contribution in [0.3, 0.4) is 0 Å². The average molecular weight is 290 g/mol. The van der Waals surface area contributed by atoms with E-state index in [1.165, 1.54) is 12.1 Å². The second-order valence-corrected chi connectivity index (χ2v) is 5.42. The summed E-state index contributed by atoms with van der Waals surface area (Å²) < 4.78 is 16.2. The molecule has 2 aromatic heterocycles. The number of pyridine rings is 2. The Hall–Kier alpha value is -1.95. The molecule has 0 atom stereocenters. The number of aromatic nitrogens is 2. The third kappa shape index (κ3) is 2.51. The summed E-state index contributed by atoms with van der Waals surface area (Å²) in [5, 5.41) is 0.342. The first-order chi connectivity index (χ1) is 10.1. The van der Waals surface area contributed by atoms with E-state index in [1.807, 2.05) is 16.4 Å². The highest BCUT2D eigenvalue weighted by atomic mass is 19.1. The van der Waals surface area contributed by atoms with Gasteiger partial charge in [-0.3, -0.25) is 4.79 Å².